The van der Waals surface area contributed by atoms with Gasteiger partial charge in [-0.15, -0.1) is 0 Å². The fraction of sp³-hybridized carbons (Fsp3) is 1.00. The smallest absolute Gasteiger partial charge is 0.0244 e. The lowest BCUT2D eigenvalue weighted by atomic mass is 10.0. The molecule has 1 aliphatic rings. The first-order valence-corrected chi connectivity index (χ1v) is 7.41. The number of piperazine rings is 1. The molecule has 1 heterocycles. The maximum atomic E-state index is 3.50. The Morgan fingerprint density at radius 3 is 2.73 bits per heavy atom. The summed E-state index contributed by atoms with van der Waals surface area (Å²) in [6.45, 7) is 11.8. The van der Waals surface area contributed by atoms with Crippen molar-refractivity contribution in [2.75, 3.05) is 32.4 Å². The van der Waals surface area contributed by atoms with Crippen molar-refractivity contribution in [3.8, 4) is 0 Å². The van der Waals surface area contributed by atoms with Gasteiger partial charge in [0.1, 0.15) is 0 Å². The first kappa shape index (κ1) is 13.3. The van der Waals surface area contributed by atoms with Crippen molar-refractivity contribution in [3.63, 3.8) is 0 Å². The molecule has 2 atom stereocenters. The van der Waals surface area contributed by atoms with E-state index in [0.29, 0.717) is 0 Å². The van der Waals surface area contributed by atoms with E-state index in [4.69, 9.17) is 0 Å². The van der Waals surface area contributed by atoms with Crippen LogP contribution in [-0.4, -0.2) is 48.6 Å². The van der Waals surface area contributed by atoms with Crippen molar-refractivity contribution in [2.45, 2.75) is 38.5 Å². The Hall–Kier alpha value is 0.270. The molecule has 0 aromatic rings. The van der Waals surface area contributed by atoms with Crippen LogP contribution < -0.4 is 5.32 Å². The highest BCUT2D eigenvalue weighted by Crippen LogP contribution is 2.16. The van der Waals surface area contributed by atoms with Gasteiger partial charge in [0.05, 0.1) is 0 Å². The molecular formula is C12H26N2S. The third-order valence-electron chi connectivity index (χ3n) is 3.39. The van der Waals surface area contributed by atoms with Gasteiger partial charge in [0, 0.05) is 30.9 Å². The van der Waals surface area contributed by atoms with E-state index in [-0.39, 0.29) is 0 Å². The topological polar surface area (TPSA) is 15.3 Å². The molecule has 0 bridgehead atoms. The van der Waals surface area contributed by atoms with Crippen LogP contribution in [0.1, 0.15) is 27.2 Å². The van der Waals surface area contributed by atoms with E-state index in [1.165, 1.54) is 26.1 Å². The summed E-state index contributed by atoms with van der Waals surface area (Å²) in [5, 5.41) is 4.30. The van der Waals surface area contributed by atoms with Crippen LogP contribution in [0.3, 0.4) is 0 Å². The molecule has 3 heteroatoms. The molecule has 1 aliphatic heterocycles. The minimum Gasteiger partial charge on any atom is -0.314 e. The maximum absolute atomic E-state index is 3.50. The summed E-state index contributed by atoms with van der Waals surface area (Å²) in [5.74, 6) is 0.766. The van der Waals surface area contributed by atoms with E-state index >= 15 is 0 Å². The molecule has 0 aromatic carbocycles. The number of hydrogen-bond donors (Lipinski definition) is 1. The Balaban J connectivity index is 2.36. The van der Waals surface area contributed by atoms with Crippen molar-refractivity contribution in [1.29, 1.82) is 0 Å². The summed E-state index contributed by atoms with van der Waals surface area (Å²) in [4.78, 5) is 2.67. The van der Waals surface area contributed by atoms with Gasteiger partial charge in [0.15, 0.2) is 0 Å². The van der Waals surface area contributed by atoms with Crippen LogP contribution >= 0.6 is 11.8 Å². The van der Waals surface area contributed by atoms with Gasteiger partial charge >= 0.3 is 0 Å². The van der Waals surface area contributed by atoms with Crippen LogP contribution in [0.25, 0.3) is 0 Å². The van der Waals surface area contributed by atoms with Crippen molar-refractivity contribution in [2.24, 2.45) is 5.92 Å². The highest BCUT2D eigenvalue weighted by Gasteiger charge is 2.24. The van der Waals surface area contributed by atoms with E-state index in [1.807, 2.05) is 11.8 Å². The van der Waals surface area contributed by atoms with E-state index in [9.17, 15) is 0 Å². The lowest BCUT2D eigenvalue weighted by Crippen LogP contribution is -2.53. The Morgan fingerprint density at radius 2 is 2.13 bits per heavy atom. The van der Waals surface area contributed by atoms with Crippen LogP contribution in [0.15, 0.2) is 0 Å². The monoisotopic (exact) mass is 230 g/mol. The second-order valence-corrected chi connectivity index (χ2v) is 6.16. The zero-order valence-corrected chi connectivity index (χ0v) is 11.4. The van der Waals surface area contributed by atoms with E-state index < -0.39 is 0 Å². The van der Waals surface area contributed by atoms with Crippen LogP contribution in [0.5, 0.6) is 0 Å². The first-order chi connectivity index (χ1) is 7.15. The highest BCUT2D eigenvalue weighted by molar-refractivity contribution is 7.99. The Bertz CT molecular complexity index is 173. The SMILES string of the molecule is CSC(C)CCN1CCNCC1C(C)C. The van der Waals surface area contributed by atoms with Crippen LogP contribution in [0.2, 0.25) is 0 Å². The van der Waals surface area contributed by atoms with E-state index in [1.54, 1.807) is 0 Å². The van der Waals surface area contributed by atoms with E-state index in [0.717, 1.165) is 23.8 Å². The average Bonchev–Trinajstić information content (AvgIpc) is 2.26. The zero-order valence-electron chi connectivity index (χ0n) is 10.6. The summed E-state index contributed by atoms with van der Waals surface area (Å²) >= 11 is 1.98. The van der Waals surface area contributed by atoms with Crippen LogP contribution in [-0.2, 0) is 0 Å². The quantitative estimate of drug-likeness (QED) is 0.778. The van der Waals surface area contributed by atoms with Crippen molar-refractivity contribution in [1.82, 2.24) is 10.2 Å². The Labute approximate surface area is 99.2 Å². The second kappa shape index (κ2) is 6.77. The van der Waals surface area contributed by atoms with Crippen molar-refractivity contribution >= 4 is 11.8 Å². The summed E-state index contributed by atoms with van der Waals surface area (Å²) in [5.41, 5.74) is 0. The molecular weight excluding hydrogens is 204 g/mol. The van der Waals surface area contributed by atoms with Crippen molar-refractivity contribution in [3.05, 3.63) is 0 Å². The molecule has 1 N–H and O–H groups in total. The number of nitrogens with one attached hydrogen (secondary N) is 1. The zero-order chi connectivity index (χ0) is 11.3. The molecule has 2 unspecified atom stereocenters. The van der Waals surface area contributed by atoms with Crippen LogP contribution in [0.4, 0.5) is 0 Å². The lowest BCUT2D eigenvalue weighted by Gasteiger charge is -2.39. The van der Waals surface area contributed by atoms with Gasteiger partial charge in [-0.05, 0) is 25.1 Å². The van der Waals surface area contributed by atoms with Gasteiger partial charge in [-0.2, -0.15) is 11.8 Å². The minimum atomic E-state index is 0.743. The number of hydrogen-bond acceptors (Lipinski definition) is 3. The predicted octanol–water partition coefficient (Wildman–Crippen LogP) is 2.06. The number of thioether (sulfide) groups is 1. The highest BCUT2D eigenvalue weighted by atomic mass is 32.2. The van der Waals surface area contributed by atoms with Gasteiger partial charge in [-0.3, -0.25) is 4.90 Å². The first-order valence-electron chi connectivity index (χ1n) is 6.12. The summed E-state index contributed by atoms with van der Waals surface area (Å²) in [6.07, 6.45) is 3.53. The molecule has 0 spiro atoms. The van der Waals surface area contributed by atoms with E-state index in [2.05, 4.69) is 37.2 Å². The molecule has 1 rings (SSSR count). The molecule has 0 radical (unpaired) electrons. The number of nitrogens with zero attached hydrogens (tertiary/aromatic N) is 1. The predicted molar refractivity (Wildman–Crippen MR) is 70.7 cm³/mol. The Kier molecular flexibility index (Phi) is 6.02. The van der Waals surface area contributed by atoms with Gasteiger partial charge < -0.3 is 5.32 Å². The molecule has 0 aromatic heterocycles. The molecule has 2 nitrogen and oxygen atoms in total. The fourth-order valence-electron chi connectivity index (χ4n) is 2.17. The summed E-state index contributed by atoms with van der Waals surface area (Å²) in [7, 11) is 0. The van der Waals surface area contributed by atoms with Crippen molar-refractivity contribution < 1.29 is 0 Å². The molecule has 1 saturated heterocycles. The minimum absolute atomic E-state index is 0.743. The largest absolute Gasteiger partial charge is 0.314 e. The lowest BCUT2D eigenvalue weighted by molar-refractivity contribution is 0.123. The van der Waals surface area contributed by atoms with Crippen LogP contribution in [0, 0.1) is 5.92 Å². The number of rotatable bonds is 5. The third-order valence-corrected chi connectivity index (χ3v) is 4.43. The average molecular weight is 230 g/mol. The maximum Gasteiger partial charge on any atom is 0.0244 e. The molecule has 15 heavy (non-hydrogen) atoms. The van der Waals surface area contributed by atoms with Gasteiger partial charge in [-0.25, -0.2) is 0 Å². The molecule has 0 aliphatic carbocycles. The molecule has 0 amide bonds. The Morgan fingerprint density at radius 1 is 1.40 bits per heavy atom. The normalized spacial score (nSPS) is 25.8. The molecule has 90 valence electrons. The van der Waals surface area contributed by atoms with Gasteiger partial charge in [0.25, 0.3) is 0 Å². The second-order valence-electron chi connectivity index (χ2n) is 4.89. The molecule has 1 fully saturated rings. The summed E-state index contributed by atoms with van der Waals surface area (Å²) < 4.78 is 0. The standard InChI is InChI=1S/C12H26N2S/c1-10(2)12-9-13-6-8-14(12)7-5-11(3)15-4/h10-13H,5-9H2,1-4H3. The fourth-order valence-corrected chi connectivity index (χ4v) is 2.51. The molecule has 0 saturated carbocycles. The van der Waals surface area contributed by atoms with Gasteiger partial charge in [0.2, 0.25) is 0 Å². The summed E-state index contributed by atoms with van der Waals surface area (Å²) in [6, 6.07) is 0.743. The van der Waals surface area contributed by atoms with Gasteiger partial charge in [-0.1, -0.05) is 20.8 Å². The third kappa shape index (κ3) is 4.33.